The first-order chi connectivity index (χ1) is 19.7. The quantitative estimate of drug-likeness (QED) is 0.414. The standard InChI is InChI=1S/C16H26N4O3.C6H11NO2.C4H10O.C3H8.CH2O/c1-10(2)7-12-15(22)18-8-11(3)17-9-14(21)20-6-4-5-13(20)16(23)19-12;1-6(2,3)9-5(8)7-4;1-3-5-4-2;1-3-2;1-2/h10,12-13,17H,3-9H2,1-2H3,(H,18,22)(H,19,23);4H2,1-3H3;3-4H2,1-2H3;3H2,1-2H3;1H2/t12-,13+;;;;/m0..../s1. The molecule has 0 unspecified atom stereocenters. The maximum Gasteiger partial charge on any atom is 0.433 e. The van der Waals surface area contributed by atoms with Crippen LogP contribution in [0.25, 0.3) is 0 Å². The number of carbonyl (C=O) groups is 5. The number of nitrogens with zero attached hydrogens (tertiary/aromatic N) is 2. The van der Waals surface area contributed by atoms with E-state index in [9.17, 15) is 19.2 Å². The first-order valence-corrected chi connectivity index (χ1v) is 14.5. The number of amides is 4. The molecule has 0 aliphatic carbocycles. The molecule has 2 atom stereocenters. The van der Waals surface area contributed by atoms with Crippen LogP contribution in [0, 0.1) is 5.92 Å². The van der Waals surface area contributed by atoms with Crippen LogP contribution in [0.1, 0.15) is 88.0 Å². The highest BCUT2D eigenvalue weighted by Gasteiger charge is 2.36. The molecule has 12 nitrogen and oxygen atoms in total. The Morgan fingerprint density at radius 2 is 1.57 bits per heavy atom. The summed E-state index contributed by atoms with van der Waals surface area (Å²) >= 11 is 0. The van der Waals surface area contributed by atoms with Crippen LogP contribution < -0.4 is 16.0 Å². The van der Waals surface area contributed by atoms with Crippen molar-refractivity contribution in [2.75, 3.05) is 32.8 Å². The lowest BCUT2D eigenvalue weighted by Crippen LogP contribution is -2.55. The van der Waals surface area contributed by atoms with Gasteiger partial charge in [0.1, 0.15) is 24.5 Å². The van der Waals surface area contributed by atoms with E-state index in [-0.39, 0.29) is 36.7 Å². The molecule has 2 rings (SSSR count). The Hall–Kier alpha value is -3.28. The van der Waals surface area contributed by atoms with Crippen molar-refractivity contribution in [2.45, 2.75) is 106 Å². The SMILES string of the molecule is C=C1CNC(=O)[C@H](CC(C)C)NC(=O)[C@H]2CCCN2C(=O)CN1.C=NC(=O)OC(C)(C)C.C=O.CCC.CCOCC. The van der Waals surface area contributed by atoms with E-state index in [1.54, 1.807) is 25.7 Å². The molecule has 3 N–H and O–H groups in total. The third kappa shape index (κ3) is 22.4. The highest BCUT2D eigenvalue weighted by atomic mass is 16.6. The lowest BCUT2D eigenvalue weighted by atomic mass is 10.0. The summed E-state index contributed by atoms with van der Waals surface area (Å²) in [6.45, 7) is 29.0. The zero-order valence-electron chi connectivity index (χ0n) is 27.5. The van der Waals surface area contributed by atoms with Gasteiger partial charge in [-0.25, -0.2) is 4.79 Å². The minimum atomic E-state index is -0.623. The van der Waals surface area contributed by atoms with Crippen LogP contribution in [0.4, 0.5) is 4.79 Å². The Kier molecular flexibility index (Phi) is 26.1. The van der Waals surface area contributed by atoms with Crippen LogP contribution in [0.15, 0.2) is 17.3 Å². The molecule has 2 saturated heterocycles. The van der Waals surface area contributed by atoms with E-state index in [0.717, 1.165) is 19.6 Å². The monoisotopic (exact) mass is 599 g/mol. The van der Waals surface area contributed by atoms with Crippen molar-refractivity contribution in [1.82, 2.24) is 20.9 Å². The topological polar surface area (TPSA) is 155 Å². The van der Waals surface area contributed by atoms with Gasteiger partial charge in [0, 0.05) is 25.5 Å². The number of aliphatic imine (C=N–C) groups is 1. The van der Waals surface area contributed by atoms with Crippen LogP contribution in [-0.2, 0) is 28.7 Å². The number of fused-ring (bicyclic) bond motifs is 1. The van der Waals surface area contributed by atoms with Gasteiger partial charge >= 0.3 is 6.09 Å². The van der Waals surface area contributed by atoms with E-state index in [4.69, 9.17) is 14.3 Å². The van der Waals surface area contributed by atoms with Crippen LogP contribution in [-0.4, -0.2) is 92.8 Å². The van der Waals surface area contributed by atoms with Gasteiger partial charge in [-0.05, 0) is 66.5 Å². The minimum absolute atomic E-state index is 0.0912. The summed E-state index contributed by atoms with van der Waals surface area (Å²) in [7, 11) is 0. The van der Waals surface area contributed by atoms with E-state index < -0.39 is 23.8 Å². The smallest absolute Gasteiger partial charge is 0.433 e. The van der Waals surface area contributed by atoms with Crippen LogP contribution in [0.5, 0.6) is 0 Å². The highest BCUT2D eigenvalue weighted by Crippen LogP contribution is 2.18. The predicted molar refractivity (Wildman–Crippen MR) is 167 cm³/mol. The molecule has 2 heterocycles. The Balaban J connectivity index is -0.000000659. The second-order valence-electron chi connectivity index (χ2n) is 10.7. The summed E-state index contributed by atoms with van der Waals surface area (Å²) in [4.78, 5) is 60.2. The lowest BCUT2D eigenvalue weighted by molar-refractivity contribution is -0.139. The summed E-state index contributed by atoms with van der Waals surface area (Å²) in [6.07, 6.45) is 2.61. The molecule has 0 aromatic carbocycles. The van der Waals surface area contributed by atoms with E-state index in [2.05, 4.69) is 48.1 Å². The second-order valence-corrected chi connectivity index (χ2v) is 10.7. The molecule has 4 amide bonds. The maximum absolute atomic E-state index is 12.5. The highest BCUT2D eigenvalue weighted by molar-refractivity contribution is 5.93. The van der Waals surface area contributed by atoms with Crippen molar-refractivity contribution in [3.63, 3.8) is 0 Å². The second kappa shape index (κ2) is 25.4. The van der Waals surface area contributed by atoms with Crippen molar-refractivity contribution in [2.24, 2.45) is 10.9 Å². The summed E-state index contributed by atoms with van der Waals surface area (Å²) in [5.74, 6) is -0.305. The van der Waals surface area contributed by atoms with Gasteiger partial charge in [-0.2, -0.15) is 4.99 Å². The fourth-order valence-electron chi connectivity index (χ4n) is 3.49. The molecule has 244 valence electrons. The molecule has 0 saturated carbocycles. The van der Waals surface area contributed by atoms with Gasteiger partial charge in [-0.1, -0.05) is 40.7 Å². The number of carbonyl (C=O) groups excluding carboxylic acids is 5. The molecule has 2 fully saturated rings. The Bertz CT molecular complexity index is 810. The third-order valence-corrected chi connectivity index (χ3v) is 5.11. The first-order valence-electron chi connectivity index (χ1n) is 14.5. The van der Waals surface area contributed by atoms with Crippen LogP contribution >= 0.6 is 0 Å². The van der Waals surface area contributed by atoms with Gasteiger partial charge < -0.3 is 35.1 Å². The Labute approximate surface area is 253 Å². The van der Waals surface area contributed by atoms with Gasteiger partial charge in [0.05, 0.1) is 13.1 Å². The molecule has 0 bridgehead atoms. The van der Waals surface area contributed by atoms with Gasteiger partial charge in [-0.3, -0.25) is 14.4 Å². The summed E-state index contributed by atoms with van der Waals surface area (Å²) in [5, 5.41) is 8.51. The molecule has 12 heteroatoms. The molecular weight excluding hydrogens is 542 g/mol. The zero-order valence-corrected chi connectivity index (χ0v) is 27.5. The number of rotatable bonds is 4. The number of ether oxygens (including phenoxy) is 2. The first kappa shape index (κ1) is 43.2. The molecule has 2 aliphatic heterocycles. The normalized spacial score (nSPS) is 18.5. The van der Waals surface area contributed by atoms with Crippen LogP contribution in [0.2, 0.25) is 0 Å². The van der Waals surface area contributed by atoms with Gasteiger partial charge in [-0.15, -0.1) is 0 Å². The van der Waals surface area contributed by atoms with Gasteiger partial charge in [0.25, 0.3) is 0 Å². The van der Waals surface area contributed by atoms with Crippen LogP contribution in [0.3, 0.4) is 0 Å². The number of hydrogen-bond acceptors (Lipinski definition) is 8. The van der Waals surface area contributed by atoms with Crippen molar-refractivity contribution in [1.29, 1.82) is 0 Å². The van der Waals surface area contributed by atoms with E-state index >= 15 is 0 Å². The van der Waals surface area contributed by atoms with Crippen molar-refractivity contribution in [3.05, 3.63) is 12.3 Å². The molecule has 0 radical (unpaired) electrons. The molecule has 0 spiro atoms. The molecule has 2 aliphatic rings. The Morgan fingerprint density at radius 3 is 1.98 bits per heavy atom. The summed E-state index contributed by atoms with van der Waals surface area (Å²) < 4.78 is 9.55. The average Bonchev–Trinajstić information content (AvgIpc) is 3.41. The van der Waals surface area contributed by atoms with Gasteiger partial charge in [0.15, 0.2) is 0 Å². The van der Waals surface area contributed by atoms with E-state index in [0.29, 0.717) is 25.1 Å². The zero-order chi connectivity index (χ0) is 33.3. The molecular formula is C30H57N5O7. The number of hydrogen-bond donors (Lipinski definition) is 3. The predicted octanol–water partition coefficient (Wildman–Crippen LogP) is 3.64. The van der Waals surface area contributed by atoms with E-state index in [1.807, 2.05) is 34.5 Å². The third-order valence-electron chi connectivity index (χ3n) is 5.11. The fourth-order valence-corrected chi connectivity index (χ4v) is 3.49. The minimum Gasteiger partial charge on any atom is -0.442 e. The lowest BCUT2D eigenvalue weighted by Gasteiger charge is -2.28. The fraction of sp³-hybridized carbons (Fsp3) is 0.733. The molecule has 0 aromatic heterocycles. The summed E-state index contributed by atoms with van der Waals surface area (Å²) in [5.41, 5.74) is 0.121. The van der Waals surface area contributed by atoms with Crippen molar-refractivity contribution < 1.29 is 33.4 Å². The van der Waals surface area contributed by atoms with Crippen molar-refractivity contribution >= 4 is 37.3 Å². The summed E-state index contributed by atoms with van der Waals surface area (Å²) in [6, 6.07) is -1.08. The molecule has 42 heavy (non-hydrogen) atoms. The largest absolute Gasteiger partial charge is 0.442 e. The van der Waals surface area contributed by atoms with E-state index in [1.165, 1.54) is 6.42 Å². The molecule has 0 aromatic rings. The maximum atomic E-state index is 12.5. The van der Waals surface area contributed by atoms with Crippen molar-refractivity contribution in [3.8, 4) is 0 Å². The average molecular weight is 600 g/mol. The Morgan fingerprint density at radius 1 is 1.02 bits per heavy atom. The number of nitrogens with one attached hydrogen (secondary N) is 3. The van der Waals surface area contributed by atoms with Gasteiger partial charge in [0.2, 0.25) is 17.7 Å².